The van der Waals surface area contributed by atoms with Gasteiger partial charge in [-0.3, -0.25) is 0 Å². The molecule has 6 heterocycles. The molecular formula is C53H29F2N11. The van der Waals surface area contributed by atoms with Gasteiger partial charge in [-0.05, 0) is 83.9 Å². The molecule has 0 aliphatic rings. The molecule has 12 rings (SSSR count). The number of hydrogen-bond donors (Lipinski definition) is 0. The number of hydrogen-bond acceptors (Lipinski definition) is 9. The van der Waals surface area contributed by atoms with Gasteiger partial charge in [-0.1, -0.05) is 48.5 Å². The zero-order valence-electron chi connectivity index (χ0n) is 34.4. The normalized spacial score (nSPS) is 11.5. The first-order valence-corrected chi connectivity index (χ1v) is 20.8. The van der Waals surface area contributed by atoms with Gasteiger partial charge in [0.05, 0.1) is 33.4 Å². The van der Waals surface area contributed by atoms with Crippen LogP contribution in [0.1, 0.15) is 5.56 Å². The van der Waals surface area contributed by atoms with Gasteiger partial charge < -0.3 is 9.13 Å². The van der Waals surface area contributed by atoms with Crippen LogP contribution in [0.3, 0.4) is 0 Å². The van der Waals surface area contributed by atoms with Crippen LogP contribution < -0.4 is 0 Å². The Morgan fingerprint density at radius 3 is 0.924 bits per heavy atom. The third-order valence-corrected chi connectivity index (χ3v) is 11.7. The van der Waals surface area contributed by atoms with Crippen molar-refractivity contribution >= 4 is 43.6 Å². The van der Waals surface area contributed by atoms with E-state index in [0.29, 0.717) is 40.2 Å². The molecule has 0 saturated heterocycles. The molecule has 6 aromatic carbocycles. The lowest BCUT2D eigenvalue weighted by molar-refractivity contribution is 0.584. The molecule has 6 aromatic heterocycles. The Bertz CT molecular complexity index is 3470. The van der Waals surface area contributed by atoms with E-state index in [0.717, 1.165) is 71.9 Å². The van der Waals surface area contributed by atoms with Gasteiger partial charge in [0.2, 0.25) is 0 Å². The lowest BCUT2D eigenvalue weighted by atomic mass is 9.99. The molecule has 0 N–H and O–H groups in total. The van der Waals surface area contributed by atoms with Crippen molar-refractivity contribution in [1.29, 1.82) is 5.26 Å². The Labute approximate surface area is 373 Å². The van der Waals surface area contributed by atoms with Crippen molar-refractivity contribution in [2.75, 3.05) is 0 Å². The van der Waals surface area contributed by atoms with Crippen LogP contribution in [0.25, 0.3) is 112 Å². The Kier molecular flexibility index (Phi) is 8.95. The van der Waals surface area contributed by atoms with Gasteiger partial charge in [-0.25, -0.2) is 48.7 Å². The molecule has 0 unspecified atom stereocenters. The summed E-state index contributed by atoms with van der Waals surface area (Å²) >= 11 is 0. The summed E-state index contributed by atoms with van der Waals surface area (Å²) in [7, 11) is 0. The minimum Gasteiger partial charge on any atom is -0.308 e. The number of fused-ring (bicyclic) bond motifs is 6. The standard InChI is InChI=1S/C53H29F2N11/c54-37-21-35(22-38(55)29-37)36-27-48(65-44-23-31(50-57-13-1-14-58-50)5-9-39(44)40-10-6-32(24-45(40)65)51-59-15-2-16-60-51)43(30-56)49(28-36)66-46-25-33(52-61-17-3-18-62-52)7-11-41(46)42-12-8-34(26-47(42)66)53-63-19-4-20-64-53/h1-29H. The van der Waals surface area contributed by atoms with E-state index < -0.39 is 11.6 Å². The fourth-order valence-electron chi connectivity index (χ4n) is 8.87. The lowest BCUT2D eigenvalue weighted by Gasteiger charge is -2.19. The quantitative estimate of drug-likeness (QED) is 0.153. The molecule has 0 spiro atoms. The van der Waals surface area contributed by atoms with Crippen molar-refractivity contribution in [3.05, 3.63) is 194 Å². The SMILES string of the molecule is N#Cc1c(-n2c3cc(-c4ncccn4)ccc3c3ccc(-c4ncccn4)cc32)cc(-c2cc(F)cc(F)c2)cc1-n1c2cc(-c3ncccn3)ccc2c2ccc(-c3ncccn3)cc21. The molecule has 12 aromatic rings. The first kappa shape index (κ1) is 38.3. The Hall–Kier alpha value is -9.41. The predicted octanol–water partition coefficient (Wildman–Crippen LogP) is 11.5. The van der Waals surface area contributed by atoms with Gasteiger partial charge >= 0.3 is 0 Å². The van der Waals surface area contributed by atoms with Gasteiger partial charge in [0.15, 0.2) is 23.3 Å². The smallest absolute Gasteiger partial charge is 0.159 e. The van der Waals surface area contributed by atoms with E-state index in [2.05, 4.69) is 45.9 Å². The third-order valence-electron chi connectivity index (χ3n) is 11.7. The van der Waals surface area contributed by atoms with Gasteiger partial charge in [-0.2, -0.15) is 5.26 Å². The van der Waals surface area contributed by atoms with Crippen molar-refractivity contribution < 1.29 is 8.78 Å². The summed E-state index contributed by atoms with van der Waals surface area (Å²) < 4.78 is 34.7. The first-order chi connectivity index (χ1) is 32.5. The van der Waals surface area contributed by atoms with Gasteiger partial charge in [0, 0.05) is 99.4 Å². The molecule has 11 nitrogen and oxygen atoms in total. The van der Waals surface area contributed by atoms with E-state index in [1.54, 1.807) is 73.8 Å². The zero-order chi connectivity index (χ0) is 44.3. The molecule has 0 aliphatic heterocycles. The molecule has 13 heteroatoms. The minimum absolute atomic E-state index is 0.273. The topological polar surface area (TPSA) is 137 Å². The van der Waals surface area contributed by atoms with E-state index >= 15 is 8.78 Å². The molecule has 66 heavy (non-hydrogen) atoms. The molecular weight excluding hydrogens is 829 g/mol. The maximum atomic E-state index is 15.3. The van der Waals surface area contributed by atoms with Crippen LogP contribution in [0.4, 0.5) is 8.78 Å². The van der Waals surface area contributed by atoms with E-state index in [-0.39, 0.29) is 11.1 Å². The van der Waals surface area contributed by atoms with Crippen LogP contribution in [0.2, 0.25) is 0 Å². The van der Waals surface area contributed by atoms with Crippen LogP contribution in [0.5, 0.6) is 0 Å². The Balaban J connectivity index is 1.24. The first-order valence-electron chi connectivity index (χ1n) is 20.8. The second-order valence-corrected chi connectivity index (χ2v) is 15.5. The number of rotatable bonds is 7. The number of nitrogens with zero attached hydrogens (tertiary/aromatic N) is 11. The monoisotopic (exact) mass is 857 g/mol. The summed E-state index contributed by atoms with van der Waals surface area (Å²) in [5.41, 5.74) is 7.83. The van der Waals surface area contributed by atoms with Crippen LogP contribution in [-0.2, 0) is 0 Å². The van der Waals surface area contributed by atoms with Crippen molar-refractivity contribution in [2.24, 2.45) is 0 Å². The molecule has 310 valence electrons. The molecule has 0 aliphatic carbocycles. The van der Waals surface area contributed by atoms with E-state index in [1.165, 1.54) is 12.1 Å². The van der Waals surface area contributed by atoms with E-state index in [4.69, 9.17) is 0 Å². The molecule has 0 atom stereocenters. The largest absolute Gasteiger partial charge is 0.308 e. The van der Waals surface area contributed by atoms with Gasteiger partial charge in [0.1, 0.15) is 23.3 Å². The maximum absolute atomic E-state index is 15.3. The highest BCUT2D eigenvalue weighted by Gasteiger charge is 2.25. The van der Waals surface area contributed by atoms with Crippen LogP contribution in [0.15, 0.2) is 177 Å². The number of halogens is 2. The summed E-state index contributed by atoms with van der Waals surface area (Å²) in [6.07, 6.45) is 13.5. The minimum atomic E-state index is -0.744. The van der Waals surface area contributed by atoms with Crippen molar-refractivity contribution in [1.82, 2.24) is 49.0 Å². The maximum Gasteiger partial charge on any atom is 0.159 e. The molecule has 0 radical (unpaired) electrons. The average Bonchev–Trinajstić information content (AvgIpc) is 3.87. The van der Waals surface area contributed by atoms with E-state index in [1.807, 2.05) is 94.1 Å². The Morgan fingerprint density at radius 1 is 0.348 bits per heavy atom. The highest BCUT2D eigenvalue weighted by Crippen LogP contribution is 2.43. The number of nitriles is 1. The third kappa shape index (κ3) is 6.39. The lowest BCUT2D eigenvalue weighted by Crippen LogP contribution is -2.06. The number of benzene rings is 6. The summed E-state index contributed by atoms with van der Waals surface area (Å²) in [5.74, 6) is 0.572. The average molecular weight is 858 g/mol. The predicted molar refractivity (Wildman–Crippen MR) is 249 cm³/mol. The summed E-state index contributed by atoms with van der Waals surface area (Å²) in [6.45, 7) is 0. The zero-order valence-corrected chi connectivity index (χ0v) is 34.4. The highest BCUT2D eigenvalue weighted by atomic mass is 19.1. The van der Waals surface area contributed by atoms with Crippen molar-refractivity contribution in [2.45, 2.75) is 0 Å². The van der Waals surface area contributed by atoms with Crippen molar-refractivity contribution in [3.63, 3.8) is 0 Å². The van der Waals surface area contributed by atoms with Crippen molar-refractivity contribution in [3.8, 4) is 74.1 Å². The molecule has 0 bridgehead atoms. The van der Waals surface area contributed by atoms with Crippen LogP contribution in [-0.4, -0.2) is 49.0 Å². The van der Waals surface area contributed by atoms with Gasteiger partial charge in [0.25, 0.3) is 0 Å². The second-order valence-electron chi connectivity index (χ2n) is 15.5. The second kappa shape index (κ2) is 15.4. The van der Waals surface area contributed by atoms with Crippen LogP contribution in [0, 0.1) is 23.0 Å². The number of aromatic nitrogens is 10. The molecule has 0 saturated carbocycles. The van der Waals surface area contributed by atoms with Crippen LogP contribution >= 0.6 is 0 Å². The summed E-state index contributed by atoms with van der Waals surface area (Å²) in [4.78, 5) is 36.4. The fraction of sp³-hybridized carbons (Fsp3) is 0. The highest BCUT2D eigenvalue weighted by molar-refractivity contribution is 6.13. The Morgan fingerprint density at radius 2 is 0.636 bits per heavy atom. The van der Waals surface area contributed by atoms with Gasteiger partial charge in [-0.15, -0.1) is 0 Å². The molecule has 0 amide bonds. The fourth-order valence-corrected chi connectivity index (χ4v) is 8.87. The summed E-state index contributed by atoms with van der Waals surface area (Å²) in [6, 6.07) is 40.6. The summed E-state index contributed by atoms with van der Waals surface area (Å²) in [5, 5.41) is 15.2. The molecule has 0 fully saturated rings. The van der Waals surface area contributed by atoms with E-state index in [9.17, 15) is 5.26 Å².